The molecule has 6 rings (SSSR count). The molecule has 0 radical (unpaired) electrons. The monoisotopic (exact) mass is 460 g/mol. The van der Waals surface area contributed by atoms with Crippen molar-refractivity contribution >= 4 is 6.08 Å². The van der Waals surface area contributed by atoms with Gasteiger partial charge in [0.15, 0.2) is 5.79 Å². The van der Waals surface area contributed by atoms with Crippen molar-refractivity contribution in [1.82, 2.24) is 0 Å². The summed E-state index contributed by atoms with van der Waals surface area (Å²) in [4.78, 5) is 0. The highest BCUT2D eigenvalue weighted by Crippen LogP contribution is 2.66. The molecule has 0 amide bonds. The fourth-order valence-electron chi connectivity index (χ4n) is 8.68. The Labute approximate surface area is 207 Å². The Hall–Kier alpha value is -1.38. The van der Waals surface area contributed by atoms with E-state index in [9.17, 15) is 0 Å². The molecule has 2 nitrogen and oxygen atoms in total. The van der Waals surface area contributed by atoms with Crippen LogP contribution in [0.25, 0.3) is 6.08 Å². The Bertz CT molecular complexity index is 992. The third kappa shape index (κ3) is 3.58. The van der Waals surface area contributed by atoms with Crippen molar-refractivity contribution in [3.05, 3.63) is 53.1 Å². The van der Waals surface area contributed by atoms with Gasteiger partial charge in [0, 0.05) is 24.2 Å². The van der Waals surface area contributed by atoms with Crippen molar-refractivity contribution in [3.63, 3.8) is 0 Å². The van der Waals surface area contributed by atoms with Gasteiger partial charge < -0.3 is 9.47 Å². The third-order valence-electron chi connectivity index (χ3n) is 10.8. The molecule has 1 saturated heterocycles. The molecule has 0 N–H and O–H groups in total. The minimum Gasteiger partial charge on any atom is -0.349 e. The maximum atomic E-state index is 6.49. The Balaban J connectivity index is 1.39. The fraction of sp³-hybridized carbons (Fsp3) is 0.688. The highest BCUT2D eigenvalue weighted by Gasteiger charge is 2.57. The topological polar surface area (TPSA) is 18.5 Å². The normalized spacial score (nSPS) is 40.4. The summed E-state index contributed by atoms with van der Waals surface area (Å²) in [6, 6.07) is 9.27. The van der Waals surface area contributed by atoms with Gasteiger partial charge in [-0.1, -0.05) is 75.8 Å². The third-order valence-corrected chi connectivity index (χ3v) is 10.8. The molecule has 1 heterocycles. The van der Waals surface area contributed by atoms with Gasteiger partial charge in [0.25, 0.3) is 0 Å². The van der Waals surface area contributed by atoms with Crippen molar-refractivity contribution in [2.45, 2.75) is 90.8 Å². The van der Waals surface area contributed by atoms with Gasteiger partial charge in [0.1, 0.15) is 0 Å². The summed E-state index contributed by atoms with van der Waals surface area (Å²) < 4.78 is 13.0. The van der Waals surface area contributed by atoms with E-state index in [1.165, 1.54) is 43.2 Å². The molecule has 2 heteroatoms. The van der Waals surface area contributed by atoms with Crippen LogP contribution >= 0.6 is 0 Å². The van der Waals surface area contributed by atoms with E-state index in [0.29, 0.717) is 17.3 Å². The standard InChI is InChI=1S/C32H44O2/c1-6-22-8-7-9-23(16-22)27-18-31(5)21(2)10-13-28(31)26-12-11-24-17-32(15-14-25(24)29(26)27)33-19-30(3,4)20-34-32/h6-9,16,21,24,26-28H,1,10-15,17-20H2,2-5H3. The molecular formula is C32H44O2. The second-order valence-corrected chi connectivity index (χ2v) is 13.4. The SMILES string of the molecule is C=Cc1cccc(C2CC3(C)C(C)CCC3C3CCC4CC5(CCC4=C23)OCC(C)(C)CO5)c1. The molecule has 1 aromatic rings. The van der Waals surface area contributed by atoms with E-state index < -0.39 is 0 Å². The molecule has 5 aliphatic rings. The second-order valence-electron chi connectivity index (χ2n) is 13.4. The van der Waals surface area contributed by atoms with Gasteiger partial charge >= 0.3 is 0 Å². The van der Waals surface area contributed by atoms with Gasteiger partial charge in [-0.2, -0.15) is 0 Å². The van der Waals surface area contributed by atoms with Crippen molar-refractivity contribution in [2.75, 3.05) is 13.2 Å². The predicted octanol–water partition coefficient (Wildman–Crippen LogP) is 8.15. The number of hydrogen-bond donors (Lipinski definition) is 0. The summed E-state index contributed by atoms with van der Waals surface area (Å²) in [6.45, 7) is 15.4. The number of ether oxygens (including phenoxy) is 2. The molecule has 1 aromatic carbocycles. The van der Waals surface area contributed by atoms with Gasteiger partial charge in [-0.25, -0.2) is 0 Å². The molecule has 184 valence electrons. The van der Waals surface area contributed by atoms with Crippen molar-refractivity contribution in [2.24, 2.45) is 34.5 Å². The molecule has 1 spiro atoms. The molecule has 0 bridgehead atoms. The van der Waals surface area contributed by atoms with Crippen LogP contribution in [0.3, 0.4) is 0 Å². The van der Waals surface area contributed by atoms with Crippen LogP contribution in [0.15, 0.2) is 42.0 Å². The molecule has 0 aromatic heterocycles. The van der Waals surface area contributed by atoms with Crippen LogP contribution in [0.5, 0.6) is 0 Å². The maximum absolute atomic E-state index is 6.49. The van der Waals surface area contributed by atoms with Gasteiger partial charge in [0.05, 0.1) is 13.2 Å². The Morgan fingerprint density at radius 3 is 2.56 bits per heavy atom. The quantitative estimate of drug-likeness (QED) is 0.415. The Kier molecular flexibility index (Phi) is 5.47. The fourth-order valence-corrected chi connectivity index (χ4v) is 8.68. The van der Waals surface area contributed by atoms with E-state index in [1.807, 2.05) is 11.6 Å². The smallest absolute Gasteiger partial charge is 0.169 e. The van der Waals surface area contributed by atoms with E-state index in [2.05, 4.69) is 58.5 Å². The molecule has 4 aliphatic carbocycles. The first-order valence-corrected chi connectivity index (χ1v) is 14.0. The van der Waals surface area contributed by atoms with Crippen LogP contribution in [0.1, 0.15) is 96.1 Å². The lowest BCUT2D eigenvalue weighted by Crippen LogP contribution is -2.51. The zero-order valence-electron chi connectivity index (χ0n) is 21.9. The highest BCUT2D eigenvalue weighted by atomic mass is 16.7. The van der Waals surface area contributed by atoms with Crippen molar-refractivity contribution in [3.8, 4) is 0 Å². The number of allylic oxidation sites excluding steroid dienone is 2. The highest BCUT2D eigenvalue weighted by molar-refractivity contribution is 5.50. The summed E-state index contributed by atoms with van der Waals surface area (Å²) in [6.07, 6.45) is 12.1. The average Bonchev–Trinajstić information content (AvgIpc) is 3.14. The van der Waals surface area contributed by atoms with E-state index in [1.54, 1.807) is 5.57 Å². The molecule has 6 unspecified atom stereocenters. The molecule has 1 aliphatic heterocycles. The predicted molar refractivity (Wildman–Crippen MR) is 139 cm³/mol. The zero-order chi connectivity index (χ0) is 23.7. The molecule has 4 fully saturated rings. The lowest BCUT2D eigenvalue weighted by Gasteiger charge is -2.55. The minimum atomic E-state index is -0.333. The summed E-state index contributed by atoms with van der Waals surface area (Å²) in [5.74, 6) is 3.33. The lowest BCUT2D eigenvalue weighted by atomic mass is 9.51. The number of hydrogen-bond acceptors (Lipinski definition) is 2. The van der Waals surface area contributed by atoms with Crippen molar-refractivity contribution in [1.29, 1.82) is 0 Å². The molecular weight excluding hydrogens is 416 g/mol. The molecule has 3 saturated carbocycles. The van der Waals surface area contributed by atoms with Gasteiger partial charge in [-0.3, -0.25) is 0 Å². The summed E-state index contributed by atoms with van der Waals surface area (Å²) in [5, 5.41) is 0. The number of rotatable bonds is 2. The Morgan fingerprint density at radius 2 is 1.79 bits per heavy atom. The average molecular weight is 461 g/mol. The van der Waals surface area contributed by atoms with Crippen LogP contribution in [-0.2, 0) is 9.47 Å². The molecule has 6 atom stereocenters. The van der Waals surface area contributed by atoms with Crippen LogP contribution < -0.4 is 0 Å². The van der Waals surface area contributed by atoms with E-state index in [0.717, 1.165) is 50.2 Å². The first-order valence-electron chi connectivity index (χ1n) is 14.0. The largest absolute Gasteiger partial charge is 0.349 e. The van der Waals surface area contributed by atoms with Crippen molar-refractivity contribution < 1.29 is 9.47 Å². The van der Waals surface area contributed by atoms with Crippen LogP contribution in [0.4, 0.5) is 0 Å². The Morgan fingerprint density at radius 1 is 1.00 bits per heavy atom. The van der Waals surface area contributed by atoms with E-state index >= 15 is 0 Å². The first kappa shape index (κ1) is 23.0. The summed E-state index contributed by atoms with van der Waals surface area (Å²) in [5.41, 5.74) is 7.03. The minimum absolute atomic E-state index is 0.135. The van der Waals surface area contributed by atoms with Gasteiger partial charge in [0.2, 0.25) is 0 Å². The number of fused-ring (bicyclic) bond motifs is 4. The summed E-state index contributed by atoms with van der Waals surface area (Å²) in [7, 11) is 0. The number of benzene rings is 1. The van der Waals surface area contributed by atoms with E-state index in [-0.39, 0.29) is 11.2 Å². The van der Waals surface area contributed by atoms with Gasteiger partial charge in [-0.15, -0.1) is 0 Å². The second kappa shape index (κ2) is 8.07. The van der Waals surface area contributed by atoms with Gasteiger partial charge in [-0.05, 0) is 78.7 Å². The zero-order valence-corrected chi connectivity index (χ0v) is 21.9. The van der Waals surface area contributed by atoms with Crippen LogP contribution in [0, 0.1) is 34.5 Å². The summed E-state index contributed by atoms with van der Waals surface area (Å²) >= 11 is 0. The van der Waals surface area contributed by atoms with Crippen LogP contribution in [-0.4, -0.2) is 19.0 Å². The maximum Gasteiger partial charge on any atom is 0.169 e. The van der Waals surface area contributed by atoms with Crippen LogP contribution in [0.2, 0.25) is 0 Å². The molecule has 34 heavy (non-hydrogen) atoms. The first-order chi connectivity index (χ1) is 16.2. The van der Waals surface area contributed by atoms with E-state index in [4.69, 9.17) is 9.47 Å². The lowest BCUT2D eigenvalue weighted by molar-refractivity contribution is -0.312.